The normalized spacial score (nSPS) is 11.2. The van der Waals surface area contributed by atoms with Gasteiger partial charge in [0.1, 0.15) is 12.3 Å². The second kappa shape index (κ2) is 10.8. The second-order valence-electron chi connectivity index (χ2n) is 7.26. The van der Waals surface area contributed by atoms with Crippen molar-refractivity contribution in [1.82, 2.24) is 14.9 Å². The Kier molecular flexibility index (Phi) is 7.88. The van der Waals surface area contributed by atoms with Gasteiger partial charge in [-0.15, -0.1) is 0 Å². The molecule has 0 fully saturated rings. The SMILES string of the molecule is CCOc1ccc(S(=O)(=O)N(CC(=O)NCCCn2ccnc2)c2ccc(C)cc2)cc1. The summed E-state index contributed by atoms with van der Waals surface area (Å²) >= 11 is 0. The molecule has 170 valence electrons. The Balaban J connectivity index is 1.74. The Hall–Kier alpha value is -3.33. The van der Waals surface area contributed by atoms with Gasteiger partial charge in [0, 0.05) is 25.5 Å². The predicted octanol–water partition coefficient (Wildman–Crippen LogP) is 2.99. The Labute approximate surface area is 188 Å². The molecule has 9 heteroatoms. The largest absolute Gasteiger partial charge is 0.494 e. The van der Waals surface area contributed by atoms with E-state index in [2.05, 4.69) is 10.3 Å². The topological polar surface area (TPSA) is 93.5 Å². The second-order valence-corrected chi connectivity index (χ2v) is 9.12. The van der Waals surface area contributed by atoms with Crippen LogP contribution in [0.25, 0.3) is 0 Å². The molecule has 1 amide bonds. The maximum absolute atomic E-state index is 13.4. The highest BCUT2D eigenvalue weighted by Gasteiger charge is 2.27. The van der Waals surface area contributed by atoms with E-state index in [-0.39, 0.29) is 17.3 Å². The number of amides is 1. The molecular formula is C23H28N4O4S. The average Bonchev–Trinajstić information content (AvgIpc) is 3.30. The zero-order valence-electron chi connectivity index (χ0n) is 18.3. The number of carbonyl (C=O) groups is 1. The van der Waals surface area contributed by atoms with Gasteiger partial charge in [-0.25, -0.2) is 13.4 Å². The Morgan fingerprint density at radius 1 is 1.12 bits per heavy atom. The zero-order chi connectivity index (χ0) is 23.0. The number of rotatable bonds is 11. The van der Waals surface area contributed by atoms with Crippen LogP contribution < -0.4 is 14.4 Å². The van der Waals surface area contributed by atoms with Crippen LogP contribution in [0.15, 0.2) is 72.1 Å². The summed E-state index contributed by atoms with van der Waals surface area (Å²) in [6.45, 7) is 5.10. The van der Waals surface area contributed by atoms with E-state index in [1.54, 1.807) is 36.8 Å². The van der Waals surface area contributed by atoms with Crippen LogP contribution in [0, 0.1) is 6.92 Å². The summed E-state index contributed by atoms with van der Waals surface area (Å²) < 4.78 is 35.3. The third-order valence-electron chi connectivity index (χ3n) is 4.81. The third-order valence-corrected chi connectivity index (χ3v) is 6.59. The van der Waals surface area contributed by atoms with Crippen LogP contribution in [0.3, 0.4) is 0 Å². The number of imidazole rings is 1. The highest BCUT2D eigenvalue weighted by atomic mass is 32.2. The first kappa shape index (κ1) is 23.3. The number of aryl methyl sites for hydroxylation is 2. The molecule has 3 rings (SSSR count). The molecule has 0 aliphatic carbocycles. The number of nitrogens with zero attached hydrogens (tertiary/aromatic N) is 3. The Bertz CT molecular complexity index is 1100. The Morgan fingerprint density at radius 2 is 1.84 bits per heavy atom. The summed E-state index contributed by atoms with van der Waals surface area (Å²) in [5, 5.41) is 2.81. The van der Waals surface area contributed by atoms with Crippen molar-refractivity contribution < 1.29 is 17.9 Å². The molecule has 0 bridgehead atoms. The molecule has 0 radical (unpaired) electrons. The van der Waals surface area contributed by atoms with Gasteiger partial charge >= 0.3 is 0 Å². The standard InChI is InChI=1S/C23H28N4O4S/c1-3-31-21-9-11-22(12-10-21)32(29,30)27(20-7-5-19(2)6-8-20)17-23(28)25-13-4-15-26-16-14-24-18-26/h5-12,14,16,18H,3-4,13,15,17H2,1-2H3,(H,25,28). The van der Waals surface area contributed by atoms with Crippen molar-refractivity contribution in [2.45, 2.75) is 31.7 Å². The van der Waals surface area contributed by atoms with Gasteiger partial charge < -0.3 is 14.6 Å². The summed E-state index contributed by atoms with van der Waals surface area (Å²) in [7, 11) is -3.96. The van der Waals surface area contributed by atoms with Crippen LogP contribution >= 0.6 is 0 Å². The number of hydrogen-bond acceptors (Lipinski definition) is 5. The number of sulfonamides is 1. The van der Waals surface area contributed by atoms with Crippen molar-refractivity contribution >= 4 is 21.6 Å². The lowest BCUT2D eigenvalue weighted by Gasteiger charge is -2.24. The monoisotopic (exact) mass is 456 g/mol. The summed E-state index contributed by atoms with van der Waals surface area (Å²) in [6, 6.07) is 13.2. The number of hydrogen-bond donors (Lipinski definition) is 1. The molecule has 1 N–H and O–H groups in total. The smallest absolute Gasteiger partial charge is 0.264 e. The van der Waals surface area contributed by atoms with E-state index >= 15 is 0 Å². The van der Waals surface area contributed by atoms with Crippen LogP contribution in [0.1, 0.15) is 18.9 Å². The van der Waals surface area contributed by atoms with Crippen molar-refractivity contribution in [1.29, 1.82) is 0 Å². The van der Waals surface area contributed by atoms with Gasteiger partial charge in [-0.1, -0.05) is 17.7 Å². The van der Waals surface area contributed by atoms with Gasteiger partial charge in [-0.3, -0.25) is 9.10 Å². The quantitative estimate of drug-likeness (QED) is 0.448. The average molecular weight is 457 g/mol. The molecule has 2 aromatic carbocycles. The van der Waals surface area contributed by atoms with Gasteiger partial charge in [0.05, 0.1) is 23.5 Å². The van der Waals surface area contributed by atoms with Crippen LogP contribution in [0.5, 0.6) is 5.75 Å². The highest BCUT2D eigenvalue weighted by Crippen LogP contribution is 2.25. The molecule has 0 atom stereocenters. The van der Waals surface area contributed by atoms with E-state index in [9.17, 15) is 13.2 Å². The van der Waals surface area contributed by atoms with Crippen molar-refractivity contribution in [3.05, 3.63) is 72.8 Å². The zero-order valence-corrected chi connectivity index (χ0v) is 19.1. The molecule has 8 nitrogen and oxygen atoms in total. The van der Waals surface area contributed by atoms with Crippen molar-refractivity contribution in [3.63, 3.8) is 0 Å². The van der Waals surface area contributed by atoms with Gasteiger partial charge in [0.2, 0.25) is 5.91 Å². The van der Waals surface area contributed by atoms with E-state index < -0.39 is 10.0 Å². The Morgan fingerprint density at radius 3 is 2.47 bits per heavy atom. The van der Waals surface area contributed by atoms with Crippen LogP contribution in [0.2, 0.25) is 0 Å². The summed E-state index contributed by atoms with van der Waals surface area (Å²) in [5.41, 5.74) is 1.43. The molecule has 0 unspecified atom stereocenters. The summed E-state index contributed by atoms with van der Waals surface area (Å²) in [4.78, 5) is 16.7. The van der Waals surface area contributed by atoms with Gasteiger partial charge in [-0.2, -0.15) is 0 Å². The molecule has 0 aliphatic heterocycles. The number of ether oxygens (including phenoxy) is 1. The molecule has 0 aliphatic rings. The number of nitrogens with one attached hydrogen (secondary N) is 1. The molecule has 0 saturated carbocycles. The number of benzene rings is 2. The lowest BCUT2D eigenvalue weighted by molar-refractivity contribution is -0.119. The molecule has 0 spiro atoms. The maximum Gasteiger partial charge on any atom is 0.264 e. The van der Waals surface area contributed by atoms with Gasteiger partial charge in [0.15, 0.2) is 0 Å². The fourth-order valence-corrected chi connectivity index (χ4v) is 4.54. The van der Waals surface area contributed by atoms with E-state index in [0.29, 0.717) is 37.6 Å². The lowest BCUT2D eigenvalue weighted by Crippen LogP contribution is -2.41. The number of carbonyl (C=O) groups excluding carboxylic acids is 1. The fourth-order valence-electron chi connectivity index (χ4n) is 3.12. The van der Waals surface area contributed by atoms with Crippen molar-refractivity contribution in [2.24, 2.45) is 0 Å². The minimum absolute atomic E-state index is 0.0921. The maximum atomic E-state index is 13.4. The molecule has 3 aromatic rings. The molecule has 1 heterocycles. The van der Waals surface area contributed by atoms with E-state index in [1.165, 1.54) is 12.1 Å². The molecule has 0 saturated heterocycles. The van der Waals surface area contributed by atoms with Gasteiger partial charge in [0.25, 0.3) is 10.0 Å². The van der Waals surface area contributed by atoms with Crippen molar-refractivity contribution in [3.8, 4) is 5.75 Å². The first-order valence-corrected chi connectivity index (χ1v) is 11.9. The molecular weight excluding hydrogens is 428 g/mol. The third kappa shape index (κ3) is 6.10. The predicted molar refractivity (Wildman–Crippen MR) is 123 cm³/mol. The lowest BCUT2D eigenvalue weighted by atomic mass is 10.2. The summed E-state index contributed by atoms with van der Waals surface area (Å²) in [5.74, 6) is 0.217. The number of anilines is 1. The van der Waals surface area contributed by atoms with Gasteiger partial charge in [-0.05, 0) is 56.7 Å². The van der Waals surface area contributed by atoms with Crippen LogP contribution in [0.4, 0.5) is 5.69 Å². The van der Waals surface area contributed by atoms with Crippen LogP contribution in [-0.4, -0.2) is 43.6 Å². The first-order valence-electron chi connectivity index (χ1n) is 10.4. The van der Waals surface area contributed by atoms with Crippen molar-refractivity contribution in [2.75, 3.05) is 24.0 Å². The molecule has 1 aromatic heterocycles. The number of aromatic nitrogens is 2. The molecule has 32 heavy (non-hydrogen) atoms. The fraction of sp³-hybridized carbons (Fsp3) is 0.304. The van der Waals surface area contributed by atoms with E-state index in [0.717, 1.165) is 9.87 Å². The minimum Gasteiger partial charge on any atom is -0.494 e. The highest BCUT2D eigenvalue weighted by molar-refractivity contribution is 7.92. The van der Waals surface area contributed by atoms with E-state index in [4.69, 9.17) is 4.74 Å². The first-order chi connectivity index (χ1) is 15.4. The summed E-state index contributed by atoms with van der Waals surface area (Å²) in [6.07, 6.45) is 5.97. The van der Waals surface area contributed by atoms with E-state index in [1.807, 2.05) is 36.7 Å². The minimum atomic E-state index is -3.96. The van der Waals surface area contributed by atoms with Crippen LogP contribution in [-0.2, 0) is 21.4 Å².